The molecule has 1 N–H and O–H groups in total. The summed E-state index contributed by atoms with van der Waals surface area (Å²) in [5, 5.41) is 7.93. The maximum absolute atomic E-state index is 12.6. The summed E-state index contributed by atoms with van der Waals surface area (Å²) in [6.45, 7) is 1.98. The molecule has 6 nitrogen and oxygen atoms in total. The lowest BCUT2D eigenvalue weighted by Crippen LogP contribution is -2.20. The van der Waals surface area contributed by atoms with E-state index < -0.39 is 0 Å². The molecule has 6 heteroatoms. The number of ether oxygens (including phenoxy) is 2. The lowest BCUT2D eigenvalue weighted by Gasteiger charge is -2.12. The topological polar surface area (TPSA) is 65.4 Å². The molecule has 0 bridgehead atoms. The fraction of sp³-hybridized carbons (Fsp3) is 0.176. The van der Waals surface area contributed by atoms with Gasteiger partial charge in [-0.25, -0.2) is 4.79 Å². The molecular formula is C17H17N3O3. The molecule has 23 heavy (non-hydrogen) atoms. The normalized spacial score (nSPS) is 10.6. The van der Waals surface area contributed by atoms with Gasteiger partial charge in [0.05, 0.1) is 31.6 Å². The van der Waals surface area contributed by atoms with Crippen molar-refractivity contribution in [3.63, 3.8) is 0 Å². The number of amides is 1. The van der Waals surface area contributed by atoms with Gasteiger partial charge in [-0.05, 0) is 30.7 Å². The number of carbonyl (C=O) groups is 1. The zero-order chi connectivity index (χ0) is 16.4. The second-order valence-corrected chi connectivity index (χ2v) is 5.06. The van der Waals surface area contributed by atoms with Crippen molar-refractivity contribution in [2.24, 2.45) is 0 Å². The predicted molar refractivity (Wildman–Crippen MR) is 88.4 cm³/mol. The van der Waals surface area contributed by atoms with Gasteiger partial charge in [-0.15, -0.1) is 0 Å². The third kappa shape index (κ3) is 2.70. The lowest BCUT2D eigenvalue weighted by molar-refractivity contribution is 0.251. The summed E-state index contributed by atoms with van der Waals surface area (Å²) in [5.41, 5.74) is 2.35. The molecule has 1 amide bonds. The maximum atomic E-state index is 12.6. The first-order valence-electron chi connectivity index (χ1n) is 7.11. The van der Waals surface area contributed by atoms with Crippen LogP contribution in [0.4, 0.5) is 10.5 Å². The Kier molecular flexibility index (Phi) is 3.89. The molecule has 3 rings (SSSR count). The largest absolute Gasteiger partial charge is 0.497 e. The molecule has 118 valence electrons. The van der Waals surface area contributed by atoms with Gasteiger partial charge in [-0.3, -0.25) is 0 Å². The fourth-order valence-corrected chi connectivity index (χ4v) is 2.44. The monoisotopic (exact) mass is 311 g/mol. The first kappa shape index (κ1) is 14.9. The van der Waals surface area contributed by atoms with Gasteiger partial charge in [0.25, 0.3) is 0 Å². The Balaban J connectivity index is 1.96. The van der Waals surface area contributed by atoms with Gasteiger partial charge in [-0.1, -0.05) is 12.1 Å². The van der Waals surface area contributed by atoms with E-state index in [4.69, 9.17) is 9.47 Å². The molecule has 0 radical (unpaired) electrons. The summed E-state index contributed by atoms with van der Waals surface area (Å²) in [4.78, 5) is 12.6. The quantitative estimate of drug-likeness (QED) is 0.804. The van der Waals surface area contributed by atoms with E-state index in [1.54, 1.807) is 38.6 Å². The highest BCUT2D eigenvalue weighted by Crippen LogP contribution is 2.29. The van der Waals surface area contributed by atoms with Crippen LogP contribution < -0.4 is 14.8 Å². The van der Waals surface area contributed by atoms with E-state index in [9.17, 15) is 4.79 Å². The first-order valence-corrected chi connectivity index (χ1v) is 7.11. The molecule has 3 aromatic rings. The van der Waals surface area contributed by atoms with Gasteiger partial charge in [0, 0.05) is 11.5 Å². The minimum atomic E-state index is -0.364. The van der Waals surface area contributed by atoms with Crippen LogP contribution in [0, 0.1) is 6.92 Å². The van der Waals surface area contributed by atoms with Crippen LogP contribution in [0.2, 0.25) is 0 Å². The number of aromatic nitrogens is 2. The third-order valence-electron chi connectivity index (χ3n) is 3.67. The van der Waals surface area contributed by atoms with Crippen molar-refractivity contribution in [1.29, 1.82) is 0 Å². The number of hydrogen-bond donors (Lipinski definition) is 1. The van der Waals surface area contributed by atoms with Gasteiger partial charge in [0.15, 0.2) is 0 Å². The molecule has 1 aromatic heterocycles. The van der Waals surface area contributed by atoms with Crippen molar-refractivity contribution in [1.82, 2.24) is 9.78 Å². The minimum Gasteiger partial charge on any atom is -0.497 e. The molecule has 0 fully saturated rings. The van der Waals surface area contributed by atoms with Crippen LogP contribution in [0.25, 0.3) is 10.9 Å². The van der Waals surface area contributed by atoms with E-state index in [1.165, 1.54) is 4.68 Å². The molecule has 0 unspecified atom stereocenters. The fourth-order valence-electron chi connectivity index (χ4n) is 2.44. The van der Waals surface area contributed by atoms with E-state index in [2.05, 4.69) is 10.4 Å². The zero-order valence-electron chi connectivity index (χ0n) is 13.2. The summed E-state index contributed by atoms with van der Waals surface area (Å²) in [6.07, 6.45) is 1.69. The van der Waals surface area contributed by atoms with Crippen LogP contribution in [0.1, 0.15) is 5.56 Å². The molecule has 2 aromatic carbocycles. The Hall–Kier alpha value is -3.02. The Bertz CT molecular complexity index is 871. The van der Waals surface area contributed by atoms with Crippen molar-refractivity contribution < 1.29 is 14.3 Å². The van der Waals surface area contributed by atoms with E-state index in [0.29, 0.717) is 17.2 Å². The third-order valence-corrected chi connectivity index (χ3v) is 3.67. The summed E-state index contributed by atoms with van der Waals surface area (Å²) >= 11 is 0. The average molecular weight is 311 g/mol. The number of carbonyl (C=O) groups excluding carboxylic acids is 1. The highest BCUT2D eigenvalue weighted by molar-refractivity contribution is 5.98. The lowest BCUT2D eigenvalue weighted by atomic mass is 10.1. The van der Waals surface area contributed by atoms with Crippen molar-refractivity contribution in [3.05, 3.63) is 48.2 Å². The summed E-state index contributed by atoms with van der Waals surface area (Å²) in [6, 6.07) is 10.6. The summed E-state index contributed by atoms with van der Waals surface area (Å²) < 4.78 is 11.8. The molecular weight excluding hydrogens is 294 g/mol. The van der Waals surface area contributed by atoms with Crippen LogP contribution >= 0.6 is 0 Å². The molecule has 0 aliphatic carbocycles. The summed E-state index contributed by atoms with van der Waals surface area (Å²) in [5.74, 6) is 1.18. The molecule has 0 aliphatic heterocycles. The summed E-state index contributed by atoms with van der Waals surface area (Å²) in [7, 11) is 3.11. The Labute approximate surface area is 133 Å². The highest BCUT2D eigenvalue weighted by atomic mass is 16.5. The molecule has 0 spiro atoms. The van der Waals surface area contributed by atoms with Crippen LogP contribution in [0.15, 0.2) is 42.6 Å². The smallest absolute Gasteiger partial charge is 0.347 e. The molecule has 0 saturated heterocycles. The van der Waals surface area contributed by atoms with Crippen molar-refractivity contribution >= 4 is 22.6 Å². The van der Waals surface area contributed by atoms with E-state index >= 15 is 0 Å². The number of nitrogens with zero attached hydrogens (tertiary/aromatic N) is 2. The number of hydrogen-bond acceptors (Lipinski definition) is 4. The number of methoxy groups -OCH3 is 2. The maximum Gasteiger partial charge on any atom is 0.347 e. The standard InChI is InChI=1S/C17H17N3O3/c1-11-5-4-6-15-13(11)10-18-20(15)17(21)19-14-9-12(22-2)7-8-16(14)23-3/h4-10H,1-3H3,(H,19,21). The Morgan fingerprint density at radius 3 is 2.74 bits per heavy atom. The Morgan fingerprint density at radius 1 is 1.17 bits per heavy atom. The van der Waals surface area contributed by atoms with Gasteiger partial charge in [0.1, 0.15) is 11.5 Å². The molecule has 0 atom stereocenters. The van der Waals surface area contributed by atoms with Gasteiger partial charge >= 0.3 is 6.03 Å². The average Bonchev–Trinajstić information content (AvgIpc) is 3.00. The van der Waals surface area contributed by atoms with Crippen molar-refractivity contribution in [2.75, 3.05) is 19.5 Å². The number of rotatable bonds is 3. The van der Waals surface area contributed by atoms with E-state index in [0.717, 1.165) is 16.5 Å². The number of anilines is 1. The van der Waals surface area contributed by atoms with E-state index in [1.807, 2.05) is 25.1 Å². The number of fused-ring (bicyclic) bond motifs is 1. The zero-order valence-corrected chi connectivity index (χ0v) is 13.2. The number of aryl methyl sites for hydroxylation is 1. The van der Waals surface area contributed by atoms with Crippen molar-refractivity contribution in [3.8, 4) is 11.5 Å². The van der Waals surface area contributed by atoms with Crippen LogP contribution in [-0.4, -0.2) is 30.0 Å². The SMILES string of the molecule is COc1ccc(OC)c(NC(=O)n2ncc3c(C)cccc32)c1. The first-order chi connectivity index (χ1) is 11.1. The predicted octanol–water partition coefficient (Wildman–Crippen LogP) is 3.44. The molecule has 1 heterocycles. The van der Waals surface area contributed by atoms with E-state index in [-0.39, 0.29) is 6.03 Å². The van der Waals surface area contributed by atoms with Gasteiger partial charge < -0.3 is 14.8 Å². The number of nitrogens with one attached hydrogen (secondary N) is 1. The molecule has 0 aliphatic rings. The number of benzene rings is 2. The van der Waals surface area contributed by atoms with Gasteiger partial charge in [0.2, 0.25) is 0 Å². The second-order valence-electron chi connectivity index (χ2n) is 5.06. The molecule has 0 saturated carbocycles. The van der Waals surface area contributed by atoms with Crippen LogP contribution in [0.3, 0.4) is 0 Å². The Morgan fingerprint density at radius 2 is 2.00 bits per heavy atom. The van der Waals surface area contributed by atoms with Crippen molar-refractivity contribution in [2.45, 2.75) is 6.92 Å². The van der Waals surface area contributed by atoms with Gasteiger partial charge in [-0.2, -0.15) is 9.78 Å². The minimum absolute atomic E-state index is 0.364. The van der Waals surface area contributed by atoms with Crippen LogP contribution in [0.5, 0.6) is 11.5 Å². The highest BCUT2D eigenvalue weighted by Gasteiger charge is 2.14. The van der Waals surface area contributed by atoms with Crippen LogP contribution in [-0.2, 0) is 0 Å². The second kappa shape index (κ2) is 6.00.